The molecular formula is C12H13N5O5. The fourth-order valence-corrected chi connectivity index (χ4v) is 1.39. The summed E-state index contributed by atoms with van der Waals surface area (Å²) in [5.74, 6) is -1.46. The summed E-state index contributed by atoms with van der Waals surface area (Å²) in [6.07, 6.45) is 3.04. The number of nitrogens with zero attached hydrogens (tertiary/aromatic N) is 3. The number of aromatic amines is 1. The van der Waals surface area contributed by atoms with E-state index >= 15 is 0 Å². The van der Waals surface area contributed by atoms with Crippen LogP contribution in [0.2, 0.25) is 0 Å². The van der Waals surface area contributed by atoms with Gasteiger partial charge in [-0.15, -0.1) is 0 Å². The van der Waals surface area contributed by atoms with Crippen LogP contribution in [0.5, 0.6) is 5.75 Å². The Bertz CT molecular complexity index is 750. The summed E-state index contributed by atoms with van der Waals surface area (Å²) in [5, 5.41) is 14.9. The summed E-state index contributed by atoms with van der Waals surface area (Å²) in [7, 11) is 0. The highest BCUT2D eigenvalue weighted by Gasteiger charge is 2.30. The topological polar surface area (TPSA) is 139 Å². The molecule has 2 heterocycles. The fraction of sp³-hybridized carbons (Fsp3) is 0.250. The second-order valence-corrected chi connectivity index (χ2v) is 4.80. The molecule has 2 rings (SSSR count). The highest BCUT2D eigenvalue weighted by Crippen LogP contribution is 2.06. The number of nitrogens with one attached hydrogen (secondary N) is 2. The first kappa shape index (κ1) is 15.2. The molecule has 0 aliphatic heterocycles. The number of carbonyl (C=O) groups is 2. The minimum absolute atomic E-state index is 0.147. The number of aliphatic carboxylic acids is 1. The number of amides is 1. The normalized spacial score (nSPS) is 11.0. The summed E-state index contributed by atoms with van der Waals surface area (Å²) in [6.45, 7) is 2.56. The minimum Gasteiger partial charge on any atom is -0.480 e. The molecule has 116 valence electrons. The van der Waals surface area contributed by atoms with Crippen molar-refractivity contribution >= 4 is 12.1 Å². The molecule has 0 fully saturated rings. The van der Waals surface area contributed by atoms with Crippen LogP contribution in [0.4, 0.5) is 4.79 Å². The second kappa shape index (κ2) is 5.68. The molecule has 0 bridgehead atoms. The van der Waals surface area contributed by atoms with Crippen LogP contribution in [0.25, 0.3) is 5.95 Å². The van der Waals surface area contributed by atoms with E-state index in [0.717, 1.165) is 6.20 Å². The van der Waals surface area contributed by atoms with E-state index in [4.69, 9.17) is 9.84 Å². The van der Waals surface area contributed by atoms with Gasteiger partial charge < -0.3 is 15.2 Å². The number of carboxylic acids is 1. The average Bonchev–Trinajstić information content (AvgIpc) is 2.94. The van der Waals surface area contributed by atoms with Gasteiger partial charge in [0.1, 0.15) is 5.54 Å². The van der Waals surface area contributed by atoms with Crippen molar-refractivity contribution in [1.29, 1.82) is 0 Å². The van der Waals surface area contributed by atoms with Crippen molar-refractivity contribution in [2.45, 2.75) is 19.4 Å². The minimum atomic E-state index is -1.54. The lowest BCUT2D eigenvalue weighted by Gasteiger charge is -2.20. The van der Waals surface area contributed by atoms with Gasteiger partial charge in [-0.3, -0.25) is 9.78 Å². The quantitative estimate of drug-likeness (QED) is 0.717. The zero-order chi connectivity index (χ0) is 16.3. The SMILES string of the molecule is CC(C)(NC(=O)Oc1cnc(-n2cccn2)[nH]c1=O)C(=O)O. The van der Waals surface area contributed by atoms with Crippen molar-refractivity contribution in [2.24, 2.45) is 0 Å². The molecule has 0 aromatic carbocycles. The maximum atomic E-state index is 11.8. The molecule has 0 unspecified atom stereocenters. The molecule has 0 saturated heterocycles. The number of ether oxygens (including phenoxy) is 1. The molecule has 0 spiro atoms. The monoisotopic (exact) mass is 307 g/mol. The van der Waals surface area contributed by atoms with Crippen molar-refractivity contribution in [3.8, 4) is 11.7 Å². The molecular weight excluding hydrogens is 294 g/mol. The molecule has 0 saturated carbocycles. The first-order valence-electron chi connectivity index (χ1n) is 6.12. The van der Waals surface area contributed by atoms with E-state index in [1.54, 1.807) is 12.3 Å². The largest absolute Gasteiger partial charge is 0.480 e. The third-order valence-corrected chi connectivity index (χ3v) is 2.63. The average molecular weight is 307 g/mol. The predicted molar refractivity (Wildman–Crippen MR) is 72.9 cm³/mol. The molecule has 0 radical (unpaired) electrons. The lowest BCUT2D eigenvalue weighted by atomic mass is 10.1. The number of hydrogen-bond donors (Lipinski definition) is 3. The summed E-state index contributed by atoms with van der Waals surface area (Å²) < 4.78 is 6.07. The van der Waals surface area contributed by atoms with E-state index in [0.29, 0.717) is 0 Å². The van der Waals surface area contributed by atoms with Gasteiger partial charge >= 0.3 is 12.1 Å². The van der Waals surface area contributed by atoms with Gasteiger partial charge in [0.25, 0.3) is 5.56 Å². The van der Waals surface area contributed by atoms with E-state index in [-0.39, 0.29) is 11.7 Å². The van der Waals surface area contributed by atoms with Crippen LogP contribution in [-0.4, -0.2) is 42.5 Å². The number of hydrogen-bond acceptors (Lipinski definition) is 6. The lowest BCUT2D eigenvalue weighted by molar-refractivity contribution is -0.143. The molecule has 3 N–H and O–H groups in total. The Morgan fingerprint density at radius 3 is 2.73 bits per heavy atom. The number of carboxylic acid groups (broad SMARTS) is 1. The second-order valence-electron chi connectivity index (χ2n) is 4.80. The van der Waals surface area contributed by atoms with E-state index in [2.05, 4.69) is 20.4 Å². The van der Waals surface area contributed by atoms with Crippen LogP contribution in [-0.2, 0) is 4.79 Å². The Labute approximate surface area is 123 Å². The molecule has 1 amide bonds. The molecule has 0 aliphatic carbocycles. The van der Waals surface area contributed by atoms with Crippen LogP contribution < -0.4 is 15.6 Å². The van der Waals surface area contributed by atoms with Crippen LogP contribution in [0.1, 0.15) is 13.8 Å². The molecule has 0 atom stereocenters. The smallest absolute Gasteiger partial charge is 0.413 e. The molecule has 2 aromatic heterocycles. The molecule has 10 heteroatoms. The van der Waals surface area contributed by atoms with E-state index < -0.39 is 23.2 Å². The van der Waals surface area contributed by atoms with E-state index in [1.807, 2.05) is 0 Å². The predicted octanol–water partition coefficient (Wildman–Crippen LogP) is -0.0928. The van der Waals surface area contributed by atoms with Gasteiger partial charge in [-0.1, -0.05) is 0 Å². The molecule has 2 aromatic rings. The third kappa shape index (κ3) is 3.29. The van der Waals surface area contributed by atoms with Crippen molar-refractivity contribution in [1.82, 2.24) is 25.1 Å². The summed E-state index contributed by atoms with van der Waals surface area (Å²) in [6, 6.07) is 1.64. The standard InChI is InChI=1S/C12H13N5O5/c1-12(2,9(19)20)16-11(21)22-7-6-13-10(15-8(7)18)17-5-3-4-14-17/h3-6H,1-2H3,(H,16,21)(H,19,20)(H,13,15,18). The van der Waals surface area contributed by atoms with Gasteiger partial charge in [0.15, 0.2) is 0 Å². The van der Waals surface area contributed by atoms with E-state index in [9.17, 15) is 14.4 Å². The van der Waals surface area contributed by atoms with Gasteiger partial charge in [0.2, 0.25) is 11.7 Å². The Kier molecular flexibility index (Phi) is 3.93. The Morgan fingerprint density at radius 1 is 1.45 bits per heavy atom. The molecule has 10 nitrogen and oxygen atoms in total. The number of carbonyl (C=O) groups excluding carboxylic acids is 1. The van der Waals surface area contributed by atoms with Gasteiger partial charge in [0.05, 0.1) is 6.20 Å². The van der Waals surface area contributed by atoms with Crippen LogP contribution in [0.3, 0.4) is 0 Å². The Hall–Kier alpha value is -3.17. The highest BCUT2D eigenvalue weighted by molar-refractivity contribution is 5.84. The van der Waals surface area contributed by atoms with Crippen molar-refractivity contribution in [2.75, 3.05) is 0 Å². The Morgan fingerprint density at radius 2 is 2.18 bits per heavy atom. The van der Waals surface area contributed by atoms with Crippen LogP contribution >= 0.6 is 0 Å². The van der Waals surface area contributed by atoms with Crippen molar-refractivity contribution in [3.63, 3.8) is 0 Å². The van der Waals surface area contributed by atoms with Gasteiger partial charge in [-0.2, -0.15) is 5.10 Å². The van der Waals surface area contributed by atoms with Crippen molar-refractivity contribution in [3.05, 3.63) is 35.0 Å². The summed E-state index contributed by atoms with van der Waals surface area (Å²) >= 11 is 0. The maximum Gasteiger partial charge on any atom is 0.413 e. The number of rotatable bonds is 4. The van der Waals surface area contributed by atoms with Gasteiger partial charge in [-0.25, -0.2) is 19.3 Å². The Balaban J connectivity index is 2.13. The van der Waals surface area contributed by atoms with Crippen LogP contribution in [0, 0.1) is 0 Å². The molecule has 22 heavy (non-hydrogen) atoms. The van der Waals surface area contributed by atoms with Gasteiger partial charge in [0, 0.05) is 12.4 Å². The zero-order valence-corrected chi connectivity index (χ0v) is 11.7. The third-order valence-electron chi connectivity index (χ3n) is 2.63. The number of H-pyrrole nitrogens is 1. The van der Waals surface area contributed by atoms with E-state index in [1.165, 1.54) is 24.7 Å². The molecule has 0 aliphatic rings. The van der Waals surface area contributed by atoms with Gasteiger partial charge in [-0.05, 0) is 19.9 Å². The number of aromatic nitrogens is 4. The first-order chi connectivity index (χ1) is 10.3. The lowest BCUT2D eigenvalue weighted by Crippen LogP contribution is -2.50. The summed E-state index contributed by atoms with van der Waals surface area (Å²) in [5.41, 5.74) is -2.24. The van der Waals surface area contributed by atoms with Crippen LogP contribution in [0.15, 0.2) is 29.5 Å². The highest BCUT2D eigenvalue weighted by atomic mass is 16.6. The fourth-order valence-electron chi connectivity index (χ4n) is 1.39. The first-order valence-corrected chi connectivity index (χ1v) is 6.12. The summed E-state index contributed by atoms with van der Waals surface area (Å²) in [4.78, 5) is 40.6. The van der Waals surface area contributed by atoms with Crippen molar-refractivity contribution < 1.29 is 19.4 Å². The maximum absolute atomic E-state index is 11.8. The zero-order valence-electron chi connectivity index (χ0n) is 11.7.